The van der Waals surface area contributed by atoms with Gasteiger partial charge in [-0.3, -0.25) is 4.79 Å². The van der Waals surface area contributed by atoms with E-state index in [4.69, 9.17) is 0 Å². The number of nitrogens with zero attached hydrogens (tertiary/aromatic N) is 5. The van der Waals surface area contributed by atoms with Crippen LogP contribution >= 0.6 is 0 Å². The molecule has 36 heavy (non-hydrogen) atoms. The topological polar surface area (TPSA) is 52.6 Å². The summed E-state index contributed by atoms with van der Waals surface area (Å²) in [7, 11) is 1.47. The fourth-order valence-corrected chi connectivity index (χ4v) is 4.48. The Morgan fingerprint density at radius 2 is 1.56 bits per heavy atom. The van der Waals surface area contributed by atoms with Crippen LogP contribution in [0.2, 0.25) is 0 Å². The summed E-state index contributed by atoms with van der Waals surface area (Å²) in [6.07, 6.45) is -1.19. The molecule has 5 rings (SSSR count). The summed E-state index contributed by atoms with van der Waals surface area (Å²) in [4.78, 5) is 28.1. The number of aromatic nitrogens is 2. The smallest absolute Gasteiger partial charge is 0.353 e. The Morgan fingerprint density at radius 3 is 2.25 bits per heavy atom. The van der Waals surface area contributed by atoms with Crippen LogP contribution in [0.4, 0.5) is 30.5 Å². The summed E-state index contributed by atoms with van der Waals surface area (Å²) in [6, 6.07) is 18.1. The van der Waals surface area contributed by atoms with E-state index in [0.29, 0.717) is 10.9 Å². The Balaban J connectivity index is 1.42. The second-order valence-corrected chi connectivity index (χ2v) is 8.62. The Bertz CT molecular complexity index is 1390. The minimum absolute atomic E-state index is 0.161. The van der Waals surface area contributed by atoms with E-state index < -0.39 is 17.6 Å². The number of hydrogen-bond donors (Lipinski definition) is 0. The summed E-state index contributed by atoms with van der Waals surface area (Å²) in [5.74, 6) is 1.29. The quantitative estimate of drug-likeness (QED) is 0.390. The van der Waals surface area contributed by atoms with E-state index in [1.807, 2.05) is 42.5 Å². The van der Waals surface area contributed by atoms with Gasteiger partial charge in [-0.25, -0.2) is 9.97 Å². The van der Waals surface area contributed by atoms with E-state index >= 15 is 0 Å². The number of piperazine rings is 1. The largest absolute Gasteiger partial charge is 0.416 e. The minimum Gasteiger partial charge on any atom is -0.353 e. The van der Waals surface area contributed by atoms with Crippen molar-refractivity contribution >= 4 is 34.0 Å². The minimum atomic E-state index is -4.49. The molecule has 9 heteroatoms. The molecule has 2 aromatic heterocycles. The molecule has 0 atom stereocenters. The standard InChI is InChI=1S/C27H24F3N5O/c1-33(20-8-6-7-19(17-20)27(28,29)30)26(36)23-18-32-25(22-10-3-2-9-21(22)23)35-15-13-34(14-16-35)24-11-4-5-12-31-24/h2-12,17-18H,13-16H2,1H3. The van der Waals surface area contributed by atoms with Crippen LogP contribution in [-0.2, 0) is 6.18 Å². The van der Waals surface area contributed by atoms with Gasteiger partial charge in [0.1, 0.15) is 11.6 Å². The average molecular weight is 492 g/mol. The van der Waals surface area contributed by atoms with E-state index in [-0.39, 0.29) is 5.69 Å². The van der Waals surface area contributed by atoms with Crippen molar-refractivity contribution in [1.82, 2.24) is 9.97 Å². The molecule has 0 saturated carbocycles. The molecule has 1 amide bonds. The molecule has 0 spiro atoms. The third-order valence-corrected chi connectivity index (χ3v) is 6.42. The molecule has 184 valence electrons. The van der Waals surface area contributed by atoms with Crippen LogP contribution in [0.1, 0.15) is 15.9 Å². The molecule has 1 aliphatic rings. The van der Waals surface area contributed by atoms with Crippen LogP contribution in [0.5, 0.6) is 0 Å². The highest BCUT2D eigenvalue weighted by Gasteiger charge is 2.31. The number of halogens is 3. The fraction of sp³-hybridized carbons (Fsp3) is 0.222. The first-order valence-electron chi connectivity index (χ1n) is 11.6. The van der Waals surface area contributed by atoms with E-state index in [9.17, 15) is 18.0 Å². The SMILES string of the molecule is CN(C(=O)c1cnc(N2CCN(c3ccccn3)CC2)c2ccccc12)c1cccc(C(F)(F)F)c1. The molecule has 0 bridgehead atoms. The first-order chi connectivity index (χ1) is 17.3. The number of fused-ring (bicyclic) bond motifs is 1. The van der Waals surface area contributed by atoms with Gasteiger partial charge in [0.15, 0.2) is 0 Å². The molecule has 0 unspecified atom stereocenters. The van der Waals surface area contributed by atoms with Crippen LogP contribution in [0.25, 0.3) is 10.8 Å². The van der Waals surface area contributed by atoms with E-state index in [0.717, 1.165) is 55.3 Å². The second kappa shape index (κ2) is 9.49. The number of carbonyl (C=O) groups excluding carboxylic acids is 1. The zero-order valence-corrected chi connectivity index (χ0v) is 19.6. The maximum Gasteiger partial charge on any atom is 0.416 e. The Morgan fingerprint density at radius 1 is 0.861 bits per heavy atom. The van der Waals surface area contributed by atoms with Gasteiger partial charge in [0.25, 0.3) is 5.91 Å². The van der Waals surface area contributed by atoms with Gasteiger partial charge in [-0.2, -0.15) is 13.2 Å². The molecule has 1 aliphatic heterocycles. The van der Waals surface area contributed by atoms with Gasteiger partial charge in [0.05, 0.1) is 11.1 Å². The number of rotatable bonds is 4. The molecule has 0 radical (unpaired) electrons. The Hall–Kier alpha value is -4.14. The van der Waals surface area contributed by atoms with Crippen molar-refractivity contribution in [1.29, 1.82) is 0 Å². The van der Waals surface area contributed by atoms with Gasteiger partial charge in [-0.1, -0.05) is 36.4 Å². The second-order valence-electron chi connectivity index (χ2n) is 8.62. The third kappa shape index (κ3) is 4.56. The van der Waals surface area contributed by atoms with Crippen molar-refractivity contribution < 1.29 is 18.0 Å². The third-order valence-electron chi connectivity index (χ3n) is 6.42. The first-order valence-corrected chi connectivity index (χ1v) is 11.6. The van der Waals surface area contributed by atoms with E-state index in [2.05, 4.69) is 19.8 Å². The maximum absolute atomic E-state index is 13.4. The zero-order chi connectivity index (χ0) is 25.3. The van der Waals surface area contributed by atoms with Gasteiger partial charge >= 0.3 is 6.18 Å². The van der Waals surface area contributed by atoms with Gasteiger partial charge in [-0.05, 0) is 35.7 Å². The highest BCUT2D eigenvalue weighted by atomic mass is 19.4. The van der Waals surface area contributed by atoms with Crippen molar-refractivity contribution in [3.63, 3.8) is 0 Å². The average Bonchev–Trinajstić information content (AvgIpc) is 2.92. The lowest BCUT2D eigenvalue weighted by Gasteiger charge is -2.36. The Labute approximate surface area is 206 Å². The van der Waals surface area contributed by atoms with Crippen LogP contribution in [0.15, 0.2) is 79.1 Å². The summed E-state index contributed by atoms with van der Waals surface area (Å²) >= 11 is 0. The predicted molar refractivity (Wildman–Crippen MR) is 135 cm³/mol. The molecule has 6 nitrogen and oxygen atoms in total. The number of hydrogen-bond acceptors (Lipinski definition) is 5. The number of alkyl halides is 3. The van der Waals surface area contributed by atoms with Crippen molar-refractivity contribution in [2.45, 2.75) is 6.18 Å². The first kappa shape index (κ1) is 23.6. The molecular weight excluding hydrogens is 467 g/mol. The summed E-state index contributed by atoms with van der Waals surface area (Å²) in [5, 5.41) is 1.53. The molecule has 0 N–H and O–H groups in total. The van der Waals surface area contributed by atoms with Crippen molar-refractivity contribution in [2.75, 3.05) is 47.9 Å². The lowest BCUT2D eigenvalue weighted by atomic mass is 10.0. The van der Waals surface area contributed by atoms with E-state index in [1.54, 1.807) is 6.20 Å². The summed E-state index contributed by atoms with van der Waals surface area (Å²) in [5.41, 5.74) is -0.308. The van der Waals surface area contributed by atoms with Gasteiger partial charge in [0, 0.05) is 56.7 Å². The fourth-order valence-electron chi connectivity index (χ4n) is 4.48. The number of pyridine rings is 2. The van der Waals surface area contributed by atoms with Gasteiger partial charge < -0.3 is 14.7 Å². The lowest BCUT2D eigenvalue weighted by Crippen LogP contribution is -2.47. The summed E-state index contributed by atoms with van der Waals surface area (Å²) in [6.45, 7) is 3.05. The number of amides is 1. The number of benzene rings is 2. The van der Waals surface area contributed by atoms with E-state index in [1.165, 1.54) is 30.3 Å². The van der Waals surface area contributed by atoms with Crippen molar-refractivity contribution in [3.8, 4) is 0 Å². The molecule has 2 aromatic carbocycles. The van der Waals surface area contributed by atoms with Crippen LogP contribution in [0, 0.1) is 0 Å². The highest BCUT2D eigenvalue weighted by Crippen LogP contribution is 2.33. The molecule has 1 saturated heterocycles. The molecule has 4 aromatic rings. The monoisotopic (exact) mass is 491 g/mol. The number of anilines is 3. The lowest BCUT2D eigenvalue weighted by molar-refractivity contribution is -0.137. The van der Waals surface area contributed by atoms with Gasteiger partial charge in [-0.15, -0.1) is 0 Å². The number of carbonyl (C=O) groups is 1. The molecule has 3 heterocycles. The molecule has 1 fully saturated rings. The summed E-state index contributed by atoms with van der Waals surface area (Å²) < 4.78 is 39.5. The van der Waals surface area contributed by atoms with Crippen molar-refractivity contribution in [2.24, 2.45) is 0 Å². The highest BCUT2D eigenvalue weighted by molar-refractivity contribution is 6.15. The molecular formula is C27H24F3N5O. The van der Waals surface area contributed by atoms with Crippen LogP contribution < -0.4 is 14.7 Å². The maximum atomic E-state index is 13.4. The van der Waals surface area contributed by atoms with Gasteiger partial charge in [0.2, 0.25) is 0 Å². The van der Waals surface area contributed by atoms with Crippen molar-refractivity contribution in [3.05, 3.63) is 90.3 Å². The van der Waals surface area contributed by atoms with Crippen LogP contribution in [-0.4, -0.2) is 49.1 Å². The normalized spacial score (nSPS) is 14.2. The molecule has 0 aliphatic carbocycles. The zero-order valence-electron chi connectivity index (χ0n) is 19.6. The Kier molecular flexibility index (Phi) is 6.22. The van der Waals surface area contributed by atoms with Crippen LogP contribution in [0.3, 0.4) is 0 Å². The predicted octanol–water partition coefficient (Wildman–Crippen LogP) is 5.25.